The summed E-state index contributed by atoms with van der Waals surface area (Å²) in [5.41, 5.74) is 11.0. The van der Waals surface area contributed by atoms with Crippen LogP contribution in [0.4, 0.5) is 5.69 Å². The number of hydrogen-bond donors (Lipinski definition) is 2. The van der Waals surface area contributed by atoms with Gasteiger partial charge < -0.3 is 11.5 Å². The Morgan fingerprint density at radius 2 is 1.82 bits per heavy atom. The van der Waals surface area contributed by atoms with E-state index in [4.69, 9.17) is 11.5 Å². The minimum absolute atomic E-state index is 0.0924. The van der Waals surface area contributed by atoms with E-state index in [9.17, 15) is 13.2 Å². The minimum atomic E-state index is -3.69. The topological polar surface area (TPSA) is 106 Å². The van der Waals surface area contributed by atoms with E-state index < -0.39 is 15.9 Å². The van der Waals surface area contributed by atoms with Crippen molar-refractivity contribution in [2.24, 2.45) is 5.73 Å². The Morgan fingerprint density at radius 3 is 2.24 bits per heavy atom. The summed E-state index contributed by atoms with van der Waals surface area (Å²) in [7, 11) is -3.69. The number of primary amides is 1. The van der Waals surface area contributed by atoms with Crippen molar-refractivity contribution in [2.75, 3.05) is 18.8 Å². The number of hydrogen-bond acceptors (Lipinski definition) is 4. The first-order chi connectivity index (χ1) is 7.87. The van der Waals surface area contributed by atoms with E-state index in [1.807, 2.05) is 0 Å². The highest BCUT2D eigenvalue weighted by atomic mass is 32.2. The van der Waals surface area contributed by atoms with Crippen molar-refractivity contribution >= 4 is 21.6 Å². The van der Waals surface area contributed by atoms with E-state index in [1.54, 1.807) is 6.92 Å². The summed E-state index contributed by atoms with van der Waals surface area (Å²) in [5, 5.41) is 0. The van der Waals surface area contributed by atoms with E-state index in [0.717, 1.165) is 4.31 Å². The Morgan fingerprint density at radius 1 is 1.29 bits per heavy atom. The molecular formula is C10H15N3O3S. The molecule has 0 heterocycles. The predicted molar refractivity (Wildman–Crippen MR) is 64.5 cm³/mol. The standard InChI is InChI=1S/C10H15N3O3S/c1-2-13(7-10(12)14)17(15,16)9-5-3-8(11)4-6-9/h3-6H,2,7,11H2,1H3,(H2,12,14). The van der Waals surface area contributed by atoms with Crippen LogP contribution < -0.4 is 11.5 Å². The molecule has 94 valence electrons. The second kappa shape index (κ2) is 5.15. The number of rotatable bonds is 5. The fourth-order valence-electron chi connectivity index (χ4n) is 1.33. The van der Waals surface area contributed by atoms with Crippen LogP contribution in [0.3, 0.4) is 0 Å². The highest BCUT2D eigenvalue weighted by Crippen LogP contribution is 2.16. The van der Waals surface area contributed by atoms with Gasteiger partial charge in [0, 0.05) is 12.2 Å². The fraction of sp³-hybridized carbons (Fsp3) is 0.300. The molecule has 0 atom stereocenters. The van der Waals surface area contributed by atoms with Crippen molar-refractivity contribution < 1.29 is 13.2 Å². The van der Waals surface area contributed by atoms with Crippen molar-refractivity contribution in [1.82, 2.24) is 4.31 Å². The summed E-state index contributed by atoms with van der Waals surface area (Å²) < 4.78 is 25.2. The molecule has 1 aromatic carbocycles. The summed E-state index contributed by atoms with van der Waals surface area (Å²) in [6, 6.07) is 5.78. The Bertz CT molecular complexity index is 496. The minimum Gasteiger partial charge on any atom is -0.399 e. The number of nitrogens with two attached hydrogens (primary N) is 2. The number of nitrogens with zero attached hydrogens (tertiary/aromatic N) is 1. The Balaban J connectivity index is 3.08. The second-order valence-corrected chi connectivity index (χ2v) is 5.40. The zero-order valence-corrected chi connectivity index (χ0v) is 10.3. The summed E-state index contributed by atoms with van der Waals surface area (Å²) in [5.74, 6) is -0.689. The quantitative estimate of drug-likeness (QED) is 0.710. The fourth-order valence-corrected chi connectivity index (χ4v) is 2.74. The van der Waals surface area contributed by atoms with Crippen molar-refractivity contribution in [3.8, 4) is 0 Å². The van der Waals surface area contributed by atoms with Crippen molar-refractivity contribution in [1.29, 1.82) is 0 Å². The number of amides is 1. The van der Waals surface area contributed by atoms with Crippen molar-refractivity contribution in [3.05, 3.63) is 24.3 Å². The van der Waals surface area contributed by atoms with Crippen LogP contribution in [0.2, 0.25) is 0 Å². The molecule has 0 aliphatic heterocycles. The van der Waals surface area contributed by atoms with Crippen LogP contribution in [0.15, 0.2) is 29.2 Å². The first-order valence-corrected chi connectivity index (χ1v) is 6.46. The highest BCUT2D eigenvalue weighted by molar-refractivity contribution is 7.89. The van der Waals surface area contributed by atoms with Gasteiger partial charge in [-0.05, 0) is 24.3 Å². The molecule has 0 aromatic heterocycles. The lowest BCUT2D eigenvalue weighted by molar-refractivity contribution is -0.118. The molecule has 0 unspecified atom stereocenters. The monoisotopic (exact) mass is 257 g/mol. The van der Waals surface area contributed by atoms with E-state index >= 15 is 0 Å². The Kier molecular flexibility index (Phi) is 4.08. The van der Waals surface area contributed by atoms with Crippen LogP contribution in [0, 0.1) is 0 Å². The maximum absolute atomic E-state index is 12.1. The zero-order valence-electron chi connectivity index (χ0n) is 9.46. The molecule has 0 saturated carbocycles. The first-order valence-electron chi connectivity index (χ1n) is 5.02. The van der Waals surface area contributed by atoms with Gasteiger partial charge in [-0.25, -0.2) is 8.42 Å². The van der Waals surface area contributed by atoms with Gasteiger partial charge >= 0.3 is 0 Å². The Hall–Kier alpha value is -1.60. The van der Waals surface area contributed by atoms with Crippen LogP contribution in [-0.2, 0) is 14.8 Å². The van der Waals surface area contributed by atoms with Gasteiger partial charge in [-0.2, -0.15) is 4.31 Å². The largest absolute Gasteiger partial charge is 0.399 e. The molecule has 1 amide bonds. The van der Waals surface area contributed by atoms with E-state index in [0.29, 0.717) is 5.69 Å². The third kappa shape index (κ3) is 3.18. The Labute approximate surface area is 100 Å². The highest BCUT2D eigenvalue weighted by Gasteiger charge is 2.24. The van der Waals surface area contributed by atoms with E-state index in [-0.39, 0.29) is 18.0 Å². The molecule has 17 heavy (non-hydrogen) atoms. The van der Waals surface area contributed by atoms with Crippen molar-refractivity contribution in [2.45, 2.75) is 11.8 Å². The van der Waals surface area contributed by atoms with Crippen LogP contribution in [0.1, 0.15) is 6.92 Å². The zero-order chi connectivity index (χ0) is 13.1. The molecule has 1 rings (SSSR count). The number of sulfonamides is 1. The van der Waals surface area contributed by atoms with E-state index in [2.05, 4.69) is 0 Å². The second-order valence-electron chi connectivity index (χ2n) is 3.47. The average Bonchev–Trinajstić information content (AvgIpc) is 2.26. The number of carbonyl (C=O) groups excluding carboxylic acids is 1. The lowest BCUT2D eigenvalue weighted by atomic mass is 10.3. The predicted octanol–water partition coefficient (Wildman–Crippen LogP) is -0.235. The molecule has 0 aliphatic carbocycles. The average molecular weight is 257 g/mol. The number of anilines is 1. The van der Waals surface area contributed by atoms with E-state index in [1.165, 1.54) is 24.3 Å². The van der Waals surface area contributed by atoms with Gasteiger partial charge in [-0.15, -0.1) is 0 Å². The van der Waals surface area contributed by atoms with Crippen LogP contribution in [-0.4, -0.2) is 31.7 Å². The number of carbonyl (C=O) groups is 1. The van der Waals surface area contributed by atoms with Gasteiger partial charge in [0.05, 0.1) is 11.4 Å². The maximum atomic E-state index is 12.1. The molecule has 7 heteroatoms. The maximum Gasteiger partial charge on any atom is 0.243 e. The molecule has 0 fully saturated rings. The third-order valence-corrected chi connectivity index (χ3v) is 4.14. The lowest BCUT2D eigenvalue weighted by Gasteiger charge is -2.18. The van der Waals surface area contributed by atoms with Crippen molar-refractivity contribution in [3.63, 3.8) is 0 Å². The summed E-state index contributed by atoms with van der Waals surface area (Å²) >= 11 is 0. The van der Waals surface area contributed by atoms with Gasteiger partial charge in [0.2, 0.25) is 15.9 Å². The number of nitrogen functional groups attached to an aromatic ring is 1. The summed E-state index contributed by atoms with van der Waals surface area (Å²) in [4.78, 5) is 10.9. The van der Waals surface area contributed by atoms with Gasteiger partial charge in [-0.3, -0.25) is 4.79 Å². The third-order valence-electron chi connectivity index (χ3n) is 2.20. The SMILES string of the molecule is CCN(CC(N)=O)S(=O)(=O)c1ccc(N)cc1. The van der Waals surface area contributed by atoms with Gasteiger partial charge in [0.15, 0.2) is 0 Å². The van der Waals surface area contributed by atoms with Gasteiger partial charge in [0.1, 0.15) is 0 Å². The molecule has 0 saturated heterocycles. The van der Waals surface area contributed by atoms with Crippen LogP contribution in [0.25, 0.3) is 0 Å². The first kappa shape index (κ1) is 13.5. The number of benzene rings is 1. The molecule has 0 spiro atoms. The molecule has 0 radical (unpaired) electrons. The summed E-state index contributed by atoms with van der Waals surface area (Å²) in [6.07, 6.45) is 0. The van der Waals surface area contributed by atoms with Gasteiger partial charge in [-0.1, -0.05) is 6.92 Å². The number of likely N-dealkylation sites (N-methyl/N-ethyl adjacent to an activating group) is 1. The lowest BCUT2D eigenvalue weighted by Crippen LogP contribution is -2.38. The normalized spacial score (nSPS) is 11.6. The molecular weight excluding hydrogens is 242 g/mol. The molecule has 4 N–H and O–H groups in total. The van der Waals surface area contributed by atoms with Crippen LogP contribution >= 0.6 is 0 Å². The molecule has 0 aliphatic rings. The molecule has 1 aromatic rings. The molecule has 6 nitrogen and oxygen atoms in total. The summed E-state index contributed by atoms with van der Waals surface area (Å²) in [6.45, 7) is 1.48. The van der Waals surface area contributed by atoms with Crippen LogP contribution in [0.5, 0.6) is 0 Å². The molecule has 0 bridgehead atoms. The van der Waals surface area contributed by atoms with Gasteiger partial charge in [0.25, 0.3) is 0 Å². The smallest absolute Gasteiger partial charge is 0.243 e.